The molecule has 1 aromatic heterocycles. The highest BCUT2D eigenvalue weighted by molar-refractivity contribution is 5.81. The summed E-state index contributed by atoms with van der Waals surface area (Å²) in [5.74, 6) is 1.20. The molecular weight excluding hydrogens is 266 g/mol. The van der Waals surface area contributed by atoms with Crippen LogP contribution >= 0.6 is 0 Å². The van der Waals surface area contributed by atoms with E-state index in [4.69, 9.17) is 9.47 Å². The average molecular weight is 275 g/mol. The van der Waals surface area contributed by atoms with Gasteiger partial charge in [0.1, 0.15) is 0 Å². The number of benzene rings is 1. The standard InChI is InChI=1S/C11H9N5O4/c17-10-9(15-16-11(18)13-10)14-12-4-6-1-2-7-8(3-6)20-5-19-7/h1-4H,5H2,(H,14,15)(H2,13,16,17,18). The van der Waals surface area contributed by atoms with Crippen molar-refractivity contribution in [1.82, 2.24) is 15.2 Å². The maximum atomic E-state index is 11.3. The van der Waals surface area contributed by atoms with Crippen molar-refractivity contribution in [3.05, 3.63) is 44.6 Å². The van der Waals surface area contributed by atoms with Crippen molar-refractivity contribution < 1.29 is 9.47 Å². The number of rotatable bonds is 3. The van der Waals surface area contributed by atoms with Crippen LogP contribution in [0.5, 0.6) is 11.5 Å². The van der Waals surface area contributed by atoms with Crippen LogP contribution in [0.15, 0.2) is 32.9 Å². The molecule has 2 heterocycles. The van der Waals surface area contributed by atoms with Gasteiger partial charge in [-0.05, 0) is 23.8 Å². The Balaban J connectivity index is 1.74. The monoisotopic (exact) mass is 275 g/mol. The lowest BCUT2D eigenvalue weighted by molar-refractivity contribution is 0.174. The van der Waals surface area contributed by atoms with Crippen LogP contribution in [0.1, 0.15) is 5.56 Å². The van der Waals surface area contributed by atoms with Crippen LogP contribution in [0.2, 0.25) is 0 Å². The molecule has 0 radical (unpaired) electrons. The predicted octanol–water partition coefficient (Wildman–Crippen LogP) is -0.367. The Morgan fingerprint density at radius 1 is 1.30 bits per heavy atom. The Kier molecular flexibility index (Phi) is 2.92. The van der Waals surface area contributed by atoms with E-state index < -0.39 is 11.2 Å². The molecule has 102 valence electrons. The average Bonchev–Trinajstić information content (AvgIpc) is 2.89. The van der Waals surface area contributed by atoms with Crippen molar-refractivity contribution >= 4 is 12.0 Å². The minimum absolute atomic E-state index is 0.110. The highest BCUT2D eigenvalue weighted by Crippen LogP contribution is 2.31. The molecule has 0 unspecified atom stereocenters. The molecule has 20 heavy (non-hydrogen) atoms. The first-order valence-electron chi connectivity index (χ1n) is 5.60. The van der Waals surface area contributed by atoms with Gasteiger partial charge in [-0.3, -0.25) is 15.2 Å². The van der Waals surface area contributed by atoms with Crippen molar-refractivity contribution in [2.75, 3.05) is 12.2 Å². The van der Waals surface area contributed by atoms with Crippen LogP contribution in [0.4, 0.5) is 5.82 Å². The Bertz CT molecular complexity index is 779. The fourth-order valence-electron chi connectivity index (χ4n) is 1.58. The second-order valence-electron chi connectivity index (χ2n) is 3.84. The maximum Gasteiger partial charge on any atom is 0.342 e. The van der Waals surface area contributed by atoms with Crippen LogP contribution in [-0.4, -0.2) is 28.2 Å². The second-order valence-corrected chi connectivity index (χ2v) is 3.84. The summed E-state index contributed by atoms with van der Waals surface area (Å²) in [5.41, 5.74) is 1.84. The Morgan fingerprint density at radius 3 is 3.00 bits per heavy atom. The van der Waals surface area contributed by atoms with Crippen LogP contribution in [0.3, 0.4) is 0 Å². The van der Waals surface area contributed by atoms with Crippen LogP contribution in [0, 0.1) is 0 Å². The summed E-state index contributed by atoms with van der Waals surface area (Å²) < 4.78 is 10.4. The SMILES string of the molecule is O=c1[nH]nc(NN=Cc2ccc3c(c2)OCO3)c(=O)[nH]1. The molecule has 0 spiro atoms. The zero-order valence-electron chi connectivity index (χ0n) is 10.0. The van der Waals surface area contributed by atoms with Gasteiger partial charge in [-0.2, -0.15) is 5.10 Å². The minimum Gasteiger partial charge on any atom is -0.454 e. The number of hydrogen-bond donors (Lipinski definition) is 3. The number of nitrogens with zero attached hydrogens (tertiary/aromatic N) is 2. The van der Waals surface area contributed by atoms with Crippen molar-refractivity contribution in [2.45, 2.75) is 0 Å². The molecule has 0 fully saturated rings. The number of aromatic amines is 2. The van der Waals surface area contributed by atoms with Crippen LogP contribution < -0.4 is 26.1 Å². The number of nitrogens with one attached hydrogen (secondary N) is 3. The van der Waals surface area contributed by atoms with E-state index in [2.05, 4.69) is 20.7 Å². The molecular formula is C11H9N5O4. The highest BCUT2D eigenvalue weighted by Gasteiger charge is 2.12. The number of anilines is 1. The first-order chi connectivity index (χ1) is 9.72. The molecule has 0 atom stereocenters. The zero-order chi connectivity index (χ0) is 13.9. The zero-order valence-corrected chi connectivity index (χ0v) is 10.0. The second kappa shape index (κ2) is 4.88. The van der Waals surface area contributed by atoms with Crippen LogP contribution in [-0.2, 0) is 0 Å². The van der Waals surface area contributed by atoms with E-state index in [0.29, 0.717) is 11.5 Å². The maximum absolute atomic E-state index is 11.3. The summed E-state index contributed by atoms with van der Waals surface area (Å²) in [7, 11) is 0. The predicted molar refractivity (Wildman–Crippen MR) is 69.3 cm³/mol. The summed E-state index contributed by atoms with van der Waals surface area (Å²) >= 11 is 0. The van der Waals surface area contributed by atoms with Crippen molar-refractivity contribution in [3.8, 4) is 11.5 Å². The third-order valence-electron chi connectivity index (χ3n) is 2.49. The summed E-state index contributed by atoms with van der Waals surface area (Å²) in [6.45, 7) is 0.199. The molecule has 9 heteroatoms. The minimum atomic E-state index is -0.680. The van der Waals surface area contributed by atoms with Crippen molar-refractivity contribution in [2.24, 2.45) is 5.10 Å². The topological polar surface area (TPSA) is 121 Å². The molecule has 2 aromatic rings. The number of fused-ring (bicyclic) bond motifs is 1. The van der Waals surface area contributed by atoms with E-state index >= 15 is 0 Å². The lowest BCUT2D eigenvalue weighted by Crippen LogP contribution is -2.25. The number of H-pyrrole nitrogens is 2. The van der Waals surface area contributed by atoms with Gasteiger partial charge in [0, 0.05) is 0 Å². The van der Waals surface area contributed by atoms with Crippen LogP contribution in [0.25, 0.3) is 0 Å². The fraction of sp³-hybridized carbons (Fsp3) is 0.0909. The van der Waals surface area contributed by atoms with Gasteiger partial charge in [0.25, 0.3) is 5.56 Å². The molecule has 3 N–H and O–H groups in total. The van der Waals surface area contributed by atoms with Crippen molar-refractivity contribution in [1.29, 1.82) is 0 Å². The summed E-state index contributed by atoms with van der Waals surface area (Å²) in [5, 5.41) is 9.46. The molecule has 0 amide bonds. The quantitative estimate of drug-likeness (QED) is 0.519. The van der Waals surface area contributed by atoms with E-state index in [1.165, 1.54) is 6.21 Å². The third kappa shape index (κ3) is 2.36. The third-order valence-corrected chi connectivity index (χ3v) is 2.49. The number of ether oxygens (including phenoxy) is 2. The molecule has 9 nitrogen and oxygen atoms in total. The number of hydrogen-bond acceptors (Lipinski definition) is 7. The van der Waals surface area contributed by atoms with E-state index in [0.717, 1.165) is 5.56 Å². The number of aromatic nitrogens is 3. The van der Waals surface area contributed by atoms with Gasteiger partial charge in [-0.25, -0.2) is 9.89 Å². The molecule has 3 rings (SSSR count). The molecule has 1 aliphatic rings. The van der Waals surface area contributed by atoms with E-state index in [1.807, 2.05) is 4.98 Å². The Morgan fingerprint density at radius 2 is 2.15 bits per heavy atom. The largest absolute Gasteiger partial charge is 0.454 e. The lowest BCUT2D eigenvalue weighted by atomic mass is 10.2. The Hall–Kier alpha value is -3.10. The normalized spacial score (nSPS) is 12.8. The van der Waals surface area contributed by atoms with E-state index in [-0.39, 0.29) is 12.6 Å². The van der Waals surface area contributed by atoms with E-state index in [9.17, 15) is 9.59 Å². The number of hydrazone groups is 1. The summed E-state index contributed by atoms with van der Waals surface area (Å²) in [6, 6.07) is 5.29. The smallest absolute Gasteiger partial charge is 0.342 e. The Labute approximate surface area is 111 Å². The van der Waals surface area contributed by atoms with E-state index in [1.54, 1.807) is 18.2 Å². The highest BCUT2D eigenvalue weighted by atomic mass is 16.7. The molecule has 0 bridgehead atoms. The molecule has 0 saturated heterocycles. The first kappa shape index (κ1) is 12.0. The lowest BCUT2D eigenvalue weighted by Gasteiger charge is -1.98. The van der Waals surface area contributed by atoms with Crippen molar-refractivity contribution in [3.63, 3.8) is 0 Å². The molecule has 0 aliphatic carbocycles. The fourth-order valence-corrected chi connectivity index (χ4v) is 1.58. The van der Waals surface area contributed by atoms with Gasteiger partial charge >= 0.3 is 5.69 Å². The molecule has 1 aromatic carbocycles. The van der Waals surface area contributed by atoms with Gasteiger partial charge in [0.05, 0.1) is 6.21 Å². The van der Waals surface area contributed by atoms with Gasteiger partial charge in [-0.15, -0.1) is 5.10 Å². The van der Waals surface area contributed by atoms with Gasteiger partial charge in [0.15, 0.2) is 11.5 Å². The summed E-state index contributed by atoms with van der Waals surface area (Å²) in [6.07, 6.45) is 1.48. The molecule has 1 aliphatic heterocycles. The molecule has 0 saturated carbocycles. The summed E-state index contributed by atoms with van der Waals surface area (Å²) in [4.78, 5) is 24.1. The first-order valence-corrected chi connectivity index (χ1v) is 5.60. The van der Waals surface area contributed by atoms with Gasteiger partial charge in [-0.1, -0.05) is 0 Å². The van der Waals surface area contributed by atoms with Gasteiger partial charge in [0.2, 0.25) is 12.6 Å². The van der Waals surface area contributed by atoms with Gasteiger partial charge < -0.3 is 9.47 Å².